The van der Waals surface area contributed by atoms with Crippen molar-refractivity contribution in [1.29, 1.82) is 0 Å². The van der Waals surface area contributed by atoms with Gasteiger partial charge in [0, 0.05) is 53.1 Å². The van der Waals surface area contributed by atoms with Gasteiger partial charge < -0.3 is 19.7 Å². The summed E-state index contributed by atoms with van der Waals surface area (Å²) in [6.45, 7) is 7.94. The molecule has 2 N–H and O–H groups in total. The Hall–Kier alpha value is -2.50. The van der Waals surface area contributed by atoms with Crippen molar-refractivity contribution in [3.63, 3.8) is 0 Å². The zero-order chi connectivity index (χ0) is 27.0. The van der Waals surface area contributed by atoms with Gasteiger partial charge in [-0.25, -0.2) is 0 Å². The summed E-state index contributed by atoms with van der Waals surface area (Å²) in [6.07, 6.45) is 4.39. The van der Waals surface area contributed by atoms with Crippen LogP contribution in [0.25, 0.3) is 10.9 Å². The first-order valence-electron chi connectivity index (χ1n) is 13.5. The van der Waals surface area contributed by atoms with Crippen molar-refractivity contribution in [2.75, 3.05) is 19.8 Å². The monoisotopic (exact) mass is 589 g/mol. The van der Waals surface area contributed by atoms with Gasteiger partial charge in [0.2, 0.25) is 5.91 Å². The van der Waals surface area contributed by atoms with Crippen LogP contribution in [0.1, 0.15) is 68.9 Å². The zero-order valence-corrected chi connectivity index (χ0v) is 23.8. The van der Waals surface area contributed by atoms with Crippen LogP contribution < -0.4 is 14.4 Å². The van der Waals surface area contributed by atoms with Gasteiger partial charge in [0.1, 0.15) is 24.0 Å². The van der Waals surface area contributed by atoms with Crippen molar-refractivity contribution in [3.05, 3.63) is 23.4 Å². The highest BCUT2D eigenvalue weighted by atomic mass is 79.9. The van der Waals surface area contributed by atoms with E-state index in [1.165, 1.54) is 6.92 Å². The maximum Gasteiger partial charge on any atom is 0.252 e. The van der Waals surface area contributed by atoms with E-state index in [0.717, 1.165) is 43.3 Å². The first-order valence-corrected chi connectivity index (χ1v) is 14.2. The summed E-state index contributed by atoms with van der Waals surface area (Å²) in [5.41, 5.74) is 1.78. The Labute approximate surface area is 231 Å². The molecular weight excluding hydrogens is 554 g/mol. The zero-order valence-electron chi connectivity index (χ0n) is 22.2. The lowest BCUT2D eigenvalue weighted by Gasteiger charge is -2.26. The average Bonchev–Trinajstić information content (AvgIpc) is 3.27. The number of aromatic nitrogens is 2. The topological polar surface area (TPSA) is 115 Å². The maximum atomic E-state index is 13.8. The molecule has 38 heavy (non-hydrogen) atoms. The standard InChI is InChI=1S/C27H36BrN5O5/c1-16(2)38-19-9-18-13-29-7-5-4-6-8-37-15-27-11-21(26(36)30-28)33(22(27)12-27)23(35)14-32-25(18)20(10-19)24(31-32)17(3)34/h9-10,16,21-22,29H,4-8,11-15H2,1-3H3,(H,30,36)/t21-,22+,27-/m0/s1. The molecule has 1 saturated heterocycles. The minimum Gasteiger partial charge on any atom is -0.491 e. The number of nitrogens with one attached hydrogen (secondary N) is 2. The number of amides is 2. The number of halogens is 1. The van der Waals surface area contributed by atoms with Crippen molar-refractivity contribution in [2.24, 2.45) is 5.41 Å². The van der Waals surface area contributed by atoms with Gasteiger partial charge in [0.05, 0.1) is 18.2 Å². The summed E-state index contributed by atoms with van der Waals surface area (Å²) in [5, 5.41) is 8.79. The first kappa shape index (κ1) is 27.1. The molecule has 1 aromatic carbocycles. The molecule has 3 heterocycles. The van der Waals surface area contributed by atoms with Gasteiger partial charge in [-0.3, -0.25) is 23.4 Å². The van der Waals surface area contributed by atoms with Crippen LogP contribution >= 0.6 is 16.1 Å². The van der Waals surface area contributed by atoms with Gasteiger partial charge in [0.15, 0.2) is 5.78 Å². The summed E-state index contributed by atoms with van der Waals surface area (Å²) in [4.78, 5) is 40.9. The van der Waals surface area contributed by atoms with Crippen molar-refractivity contribution in [1.82, 2.24) is 24.3 Å². The molecule has 2 bridgehead atoms. The molecule has 5 rings (SSSR count). The Balaban J connectivity index is 1.56. The van der Waals surface area contributed by atoms with Crippen molar-refractivity contribution < 1.29 is 23.9 Å². The van der Waals surface area contributed by atoms with Crippen LogP contribution in [0.3, 0.4) is 0 Å². The highest BCUT2D eigenvalue weighted by molar-refractivity contribution is 9.08. The summed E-state index contributed by atoms with van der Waals surface area (Å²) >= 11 is 3.06. The third kappa shape index (κ3) is 5.20. The first-order chi connectivity index (χ1) is 18.2. The second-order valence-corrected chi connectivity index (χ2v) is 11.5. The second kappa shape index (κ2) is 10.9. The number of piperidine rings is 1. The van der Waals surface area contributed by atoms with Gasteiger partial charge >= 0.3 is 0 Å². The molecule has 1 aromatic heterocycles. The number of ether oxygens (including phenoxy) is 2. The molecule has 1 saturated carbocycles. The van der Waals surface area contributed by atoms with E-state index in [1.807, 2.05) is 26.0 Å². The molecule has 10 nitrogen and oxygen atoms in total. The van der Waals surface area contributed by atoms with E-state index in [0.29, 0.717) is 43.0 Å². The summed E-state index contributed by atoms with van der Waals surface area (Å²) in [7, 11) is 0. The average molecular weight is 591 g/mol. The minimum atomic E-state index is -0.579. The van der Waals surface area contributed by atoms with E-state index < -0.39 is 6.04 Å². The molecule has 206 valence electrons. The van der Waals surface area contributed by atoms with Gasteiger partial charge in [0.25, 0.3) is 5.91 Å². The molecule has 3 aliphatic rings. The van der Waals surface area contributed by atoms with Crippen LogP contribution in [0.2, 0.25) is 0 Å². The lowest BCUT2D eigenvalue weighted by atomic mass is 10.0. The van der Waals surface area contributed by atoms with Crippen LogP contribution in [0.4, 0.5) is 0 Å². The Morgan fingerprint density at radius 2 is 2.08 bits per heavy atom. The summed E-state index contributed by atoms with van der Waals surface area (Å²) in [5.74, 6) is 0.0484. The highest BCUT2D eigenvalue weighted by Crippen LogP contribution is 2.59. The van der Waals surface area contributed by atoms with Crippen LogP contribution in [-0.4, -0.2) is 70.2 Å². The molecule has 2 aliphatic heterocycles. The van der Waals surface area contributed by atoms with Gasteiger partial charge in [-0.2, -0.15) is 5.10 Å². The van der Waals surface area contributed by atoms with E-state index in [2.05, 4.69) is 30.9 Å². The molecule has 2 fully saturated rings. The van der Waals surface area contributed by atoms with E-state index in [-0.39, 0.29) is 41.7 Å². The number of rotatable bonds is 4. The molecule has 0 radical (unpaired) electrons. The lowest BCUT2D eigenvalue weighted by Crippen LogP contribution is -2.47. The smallest absolute Gasteiger partial charge is 0.252 e. The molecule has 2 aromatic rings. The maximum absolute atomic E-state index is 13.8. The minimum absolute atomic E-state index is 0.0335. The number of carbonyl (C=O) groups is 3. The molecule has 3 atom stereocenters. The number of Topliss-reactive ketones (excluding diaryl/α,β-unsaturated/α-hetero) is 1. The quantitative estimate of drug-likeness (QED) is 0.416. The summed E-state index contributed by atoms with van der Waals surface area (Å²) in [6, 6.07) is 3.19. The summed E-state index contributed by atoms with van der Waals surface area (Å²) < 4.78 is 16.2. The second-order valence-electron chi connectivity index (χ2n) is 11.1. The normalized spacial score (nSPS) is 26.2. The molecule has 0 spiro atoms. The molecule has 0 unspecified atom stereocenters. The van der Waals surface area contributed by atoms with Crippen molar-refractivity contribution >= 4 is 44.6 Å². The Morgan fingerprint density at radius 1 is 1.26 bits per heavy atom. The van der Waals surface area contributed by atoms with E-state index in [4.69, 9.17) is 9.47 Å². The predicted molar refractivity (Wildman–Crippen MR) is 145 cm³/mol. The Kier molecular flexibility index (Phi) is 7.79. The predicted octanol–water partition coefficient (Wildman–Crippen LogP) is 3.10. The van der Waals surface area contributed by atoms with Crippen LogP contribution in [0.5, 0.6) is 5.75 Å². The molecule has 11 heteroatoms. The largest absolute Gasteiger partial charge is 0.491 e. The third-order valence-corrected chi connectivity index (χ3v) is 8.23. The third-order valence-electron chi connectivity index (χ3n) is 7.84. The molecular formula is C27H36BrN5O5. The van der Waals surface area contributed by atoms with Gasteiger partial charge in [-0.1, -0.05) is 0 Å². The van der Waals surface area contributed by atoms with Gasteiger partial charge in [-0.05, 0) is 70.2 Å². The number of carbonyl (C=O) groups excluding carboxylic acids is 3. The fourth-order valence-corrected chi connectivity index (χ4v) is 6.31. The Bertz CT molecular complexity index is 1250. The van der Waals surface area contributed by atoms with Crippen LogP contribution in [-0.2, 0) is 27.4 Å². The van der Waals surface area contributed by atoms with Crippen LogP contribution in [0, 0.1) is 5.41 Å². The fourth-order valence-electron chi connectivity index (χ4n) is 6.05. The lowest BCUT2D eigenvalue weighted by molar-refractivity contribution is -0.139. The highest BCUT2D eigenvalue weighted by Gasteiger charge is 2.67. The molecule has 1 aliphatic carbocycles. The number of benzene rings is 1. The number of hydrogen-bond acceptors (Lipinski definition) is 7. The Morgan fingerprint density at radius 3 is 2.82 bits per heavy atom. The number of hydrogen-bond donors (Lipinski definition) is 2. The van der Waals surface area contributed by atoms with Crippen molar-refractivity contribution in [2.45, 2.75) is 84.2 Å². The molecule has 2 amide bonds. The van der Waals surface area contributed by atoms with Crippen molar-refractivity contribution in [3.8, 4) is 5.75 Å². The van der Waals surface area contributed by atoms with Gasteiger partial charge in [-0.15, -0.1) is 0 Å². The number of ketones is 1. The SMILES string of the molecule is CC(=O)c1nn2c3c(cc(OC(C)C)cc13)CNCCCCCOC[C@@]13C[C@@H](C(=O)NBr)N(C(=O)C2)[C@@H]1C3. The van der Waals surface area contributed by atoms with E-state index in [9.17, 15) is 14.4 Å². The van der Waals surface area contributed by atoms with E-state index in [1.54, 1.807) is 9.58 Å². The van der Waals surface area contributed by atoms with Crippen LogP contribution in [0.15, 0.2) is 12.1 Å². The fraction of sp³-hybridized carbons (Fsp3) is 0.630. The number of nitrogens with zero attached hydrogens (tertiary/aromatic N) is 3. The van der Waals surface area contributed by atoms with E-state index >= 15 is 0 Å².